The van der Waals surface area contributed by atoms with E-state index in [1.807, 2.05) is 13.8 Å². The lowest BCUT2D eigenvalue weighted by Gasteiger charge is -2.34. The van der Waals surface area contributed by atoms with Crippen molar-refractivity contribution in [2.45, 2.75) is 64.2 Å². The van der Waals surface area contributed by atoms with E-state index in [1.54, 1.807) is 17.7 Å². The summed E-state index contributed by atoms with van der Waals surface area (Å²) in [5.41, 5.74) is -1.06. The van der Waals surface area contributed by atoms with Gasteiger partial charge in [-0.25, -0.2) is 4.39 Å². The van der Waals surface area contributed by atoms with E-state index in [9.17, 15) is 17.6 Å². The second-order valence-electron chi connectivity index (χ2n) is 9.34. The average molecular weight is 463 g/mol. The van der Waals surface area contributed by atoms with E-state index < -0.39 is 22.8 Å². The van der Waals surface area contributed by atoms with Crippen LogP contribution in [0.4, 0.5) is 17.6 Å². The Labute approximate surface area is 188 Å². The third-order valence-electron chi connectivity index (χ3n) is 6.19. The average Bonchev–Trinajstić information content (AvgIpc) is 3.34. The van der Waals surface area contributed by atoms with Crippen LogP contribution >= 0.6 is 0 Å². The van der Waals surface area contributed by atoms with Gasteiger partial charge in [0.1, 0.15) is 5.82 Å². The number of halogens is 4. The highest BCUT2D eigenvalue weighted by atomic mass is 19.4. The van der Waals surface area contributed by atoms with Crippen LogP contribution in [0.5, 0.6) is 0 Å². The van der Waals surface area contributed by atoms with Gasteiger partial charge in [0, 0.05) is 18.0 Å². The van der Waals surface area contributed by atoms with Gasteiger partial charge in [-0.2, -0.15) is 18.2 Å². The minimum absolute atomic E-state index is 0.00761. The molecule has 176 valence electrons. The first kappa shape index (κ1) is 23.1. The van der Waals surface area contributed by atoms with Crippen molar-refractivity contribution in [1.29, 1.82) is 0 Å². The first-order valence-electron chi connectivity index (χ1n) is 10.6. The monoisotopic (exact) mass is 463 g/mol. The molecule has 3 aromatic rings. The Morgan fingerprint density at radius 1 is 1.09 bits per heavy atom. The van der Waals surface area contributed by atoms with Gasteiger partial charge >= 0.3 is 6.18 Å². The predicted octanol–water partition coefficient (Wildman–Crippen LogP) is 6.00. The summed E-state index contributed by atoms with van der Waals surface area (Å²) >= 11 is 0. The molecule has 0 saturated heterocycles. The number of allylic oxidation sites excluding steroid dienone is 2. The first-order chi connectivity index (χ1) is 15.3. The van der Waals surface area contributed by atoms with Crippen LogP contribution in [0.15, 0.2) is 34.4 Å². The second-order valence-corrected chi connectivity index (χ2v) is 9.34. The summed E-state index contributed by atoms with van der Waals surface area (Å²) in [5.74, 6) is 1.06. The molecule has 0 radical (unpaired) electrons. The topological polar surface area (TPSA) is 69.6 Å². The SMILES string of the molecule is CC1=C(c2noc(C(C)(C)F)n2)CCC(C)(c2nnc(-c3ccccc3C(F)(F)F)n2C)C1. The molecule has 0 N–H and O–H groups in total. The van der Waals surface area contributed by atoms with Crippen LogP contribution in [0.3, 0.4) is 0 Å². The largest absolute Gasteiger partial charge is 0.417 e. The van der Waals surface area contributed by atoms with Crippen LogP contribution in [0.1, 0.15) is 70.1 Å². The maximum absolute atomic E-state index is 14.1. The summed E-state index contributed by atoms with van der Waals surface area (Å²) in [4.78, 5) is 4.22. The van der Waals surface area contributed by atoms with E-state index in [-0.39, 0.29) is 17.3 Å². The summed E-state index contributed by atoms with van der Waals surface area (Å²) in [6.45, 7) is 6.67. The van der Waals surface area contributed by atoms with Crippen molar-refractivity contribution < 1.29 is 22.1 Å². The molecule has 2 aromatic heterocycles. The van der Waals surface area contributed by atoms with E-state index >= 15 is 0 Å². The van der Waals surface area contributed by atoms with Crippen LogP contribution in [0, 0.1) is 0 Å². The van der Waals surface area contributed by atoms with Gasteiger partial charge in [-0.05, 0) is 51.7 Å². The molecule has 1 aromatic carbocycles. The van der Waals surface area contributed by atoms with Crippen molar-refractivity contribution >= 4 is 5.57 Å². The molecule has 10 heteroatoms. The molecule has 1 aliphatic carbocycles. The molecule has 33 heavy (non-hydrogen) atoms. The van der Waals surface area contributed by atoms with Gasteiger partial charge in [0.15, 0.2) is 17.3 Å². The van der Waals surface area contributed by atoms with Crippen LogP contribution < -0.4 is 0 Å². The summed E-state index contributed by atoms with van der Waals surface area (Å²) in [6.07, 6.45) is -2.67. The first-order valence-corrected chi connectivity index (χ1v) is 10.6. The van der Waals surface area contributed by atoms with Crippen molar-refractivity contribution in [3.8, 4) is 11.4 Å². The number of hydrogen-bond acceptors (Lipinski definition) is 5. The summed E-state index contributed by atoms with van der Waals surface area (Å²) in [6, 6.07) is 5.36. The molecule has 0 bridgehead atoms. The van der Waals surface area contributed by atoms with Crippen molar-refractivity contribution in [1.82, 2.24) is 24.9 Å². The maximum Gasteiger partial charge on any atom is 0.417 e. The molecule has 4 rings (SSSR count). The summed E-state index contributed by atoms with van der Waals surface area (Å²) < 4.78 is 61.4. The summed E-state index contributed by atoms with van der Waals surface area (Å²) in [5, 5.41) is 12.4. The fraction of sp³-hybridized carbons (Fsp3) is 0.478. The van der Waals surface area contributed by atoms with Crippen molar-refractivity contribution in [2.75, 3.05) is 0 Å². The third kappa shape index (κ3) is 4.18. The molecule has 0 amide bonds. The van der Waals surface area contributed by atoms with Crippen LogP contribution in [0.25, 0.3) is 17.0 Å². The fourth-order valence-corrected chi connectivity index (χ4v) is 4.49. The molecule has 6 nitrogen and oxygen atoms in total. The number of rotatable bonds is 4. The number of aromatic nitrogens is 5. The predicted molar refractivity (Wildman–Crippen MR) is 114 cm³/mol. The van der Waals surface area contributed by atoms with Gasteiger partial charge < -0.3 is 9.09 Å². The van der Waals surface area contributed by atoms with E-state index in [0.29, 0.717) is 30.9 Å². The highest BCUT2D eigenvalue weighted by Crippen LogP contribution is 2.44. The quantitative estimate of drug-likeness (QED) is 0.444. The Hall–Kier alpha value is -3.04. The normalized spacial score (nSPS) is 19.9. The number of hydrogen-bond donors (Lipinski definition) is 0. The standard InChI is InChI=1S/C23H25F4N5O/c1-13-12-22(4,11-10-14(13)17-28-20(33-31-17)21(2,3)24)19-30-29-18(32(19)5)15-8-6-7-9-16(15)23(25,26)27/h6-9H,10-12H2,1-5H3. The lowest BCUT2D eigenvalue weighted by atomic mass is 9.72. The molecule has 1 aliphatic rings. The van der Waals surface area contributed by atoms with Gasteiger partial charge in [0.05, 0.1) is 5.56 Å². The van der Waals surface area contributed by atoms with Gasteiger partial charge in [-0.3, -0.25) is 0 Å². The smallest absolute Gasteiger partial charge is 0.335 e. The summed E-state index contributed by atoms with van der Waals surface area (Å²) in [7, 11) is 1.69. The number of nitrogens with zero attached hydrogens (tertiary/aromatic N) is 5. The molecule has 0 spiro atoms. The lowest BCUT2D eigenvalue weighted by Crippen LogP contribution is -2.29. The van der Waals surface area contributed by atoms with Gasteiger partial charge in [-0.15, -0.1) is 10.2 Å². The Balaban J connectivity index is 1.67. The molecule has 1 atom stereocenters. The second kappa shape index (κ2) is 7.78. The zero-order valence-electron chi connectivity index (χ0n) is 19.1. The van der Waals surface area contributed by atoms with Crippen molar-refractivity contribution in [2.24, 2.45) is 7.05 Å². The molecular formula is C23H25F4N5O. The highest BCUT2D eigenvalue weighted by Gasteiger charge is 2.39. The number of benzene rings is 1. The van der Waals surface area contributed by atoms with E-state index in [4.69, 9.17) is 4.52 Å². The molecular weight excluding hydrogens is 438 g/mol. The minimum Gasteiger partial charge on any atom is -0.335 e. The molecule has 0 aliphatic heterocycles. The molecule has 0 saturated carbocycles. The maximum atomic E-state index is 14.1. The Morgan fingerprint density at radius 3 is 2.39 bits per heavy atom. The van der Waals surface area contributed by atoms with Gasteiger partial charge in [0.2, 0.25) is 0 Å². The zero-order chi connectivity index (χ0) is 24.2. The van der Waals surface area contributed by atoms with Gasteiger partial charge in [0.25, 0.3) is 5.89 Å². The molecule has 2 heterocycles. The lowest BCUT2D eigenvalue weighted by molar-refractivity contribution is -0.137. The van der Waals surface area contributed by atoms with Crippen LogP contribution in [-0.4, -0.2) is 24.9 Å². The Kier molecular flexibility index (Phi) is 5.45. The third-order valence-corrected chi connectivity index (χ3v) is 6.19. The highest BCUT2D eigenvalue weighted by molar-refractivity contribution is 5.65. The minimum atomic E-state index is -4.50. The van der Waals surface area contributed by atoms with Crippen molar-refractivity contribution in [3.63, 3.8) is 0 Å². The molecule has 1 unspecified atom stereocenters. The van der Waals surface area contributed by atoms with Crippen LogP contribution in [-0.2, 0) is 24.3 Å². The van der Waals surface area contributed by atoms with E-state index in [0.717, 1.165) is 17.2 Å². The van der Waals surface area contributed by atoms with Crippen molar-refractivity contribution in [3.05, 3.63) is 52.9 Å². The van der Waals surface area contributed by atoms with E-state index in [2.05, 4.69) is 20.3 Å². The number of alkyl halides is 4. The van der Waals surface area contributed by atoms with Gasteiger partial charge in [-0.1, -0.05) is 35.9 Å². The Morgan fingerprint density at radius 2 is 1.79 bits per heavy atom. The fourth-order valence-electron chi connectivity index (χ4n) is 4.49. The van der Waals surface area contributed by atoms with Crippen LogP contribution in [0.2, 0.25) is 0 Å². The zero-order valence-corrected chi connectivity index (χ0v) is 19.1. The van der Waals surface area contributed by atoms with E-state index in [1.165, 1.54) is 26.0 Å². The Bertz CT molecular complexity index is 1220. The molecule has 0 fully saturated rings.